The summed E-state index contributed by atoms with van der Waals surface area (Å²) in [4.78, 5) is 8.13. The normalized spacial score (nSPS) is 21.1. The van der Waals surface area contributed by atoms with Crippen molar-refractivity contribution in [1.82, 2.24) is 15.3 Å². The summed E-state index contributed by atoms with van der Waals surface area (Å²) in [6.45, 7) is 2.10. The lowest BCUT2D eigenvalue weighted by Crippen LogP contribution is -2.29. The van der Waals surface area contributed by atoms with Gasteiger partial charge in [-0.2, -0.15) is 0 Å². The summed E-state index contributed by atoms with van der Waals surface area (Å²) in [5, 5.41) is 6.77. The largest absolute Gasteiger partial charge is 0.368 e. The van der Waals surface area contributed by atoms with Crippen LogP contribution < -0.4 is 10.6 Å². The van der Waals surface area contributed by atoms with Gasteiger partial charge in [0.1, 0.15) is 12.1 Å². The molecule has 1 aliphatic rings. The van der Waals surface area contributed by atoms with E-state index in [0.29, 0.717) is 6.04 Å². The van der Waals surface area contributed by atoms with Crippen molar-refractivity contribution in [1.29, 1.82) is 0 Å². The molecule has 1 saturated heterocycles. The van der Waals surface area contributed by atoms with Gasteiger partial charge in [-0.3, -0.25) is 0 Å². The van der Waals surface area contributed by atoms with Crippen LogP contribution in [-0.2, 0) is 0 Å². The van der Waals surface area contributed by atoms with Gasteiger partial charge in [0.15, 0.2) is 0 Å². The topological polar surface area (TPSA) is 49.8 Å². The Labute approximate surface area is 97.1 Å². The van der Waals surface area contributed by atoms with Crippen molar-refractivity contribution >= 4 is 28.4 Å². The molecule has 1 fully saturated rings. The van der Waals surface area contributed by atoms with E-state index in [0.717, 1.165) is 22.5 Å². The molecule has 1 aliphatic heterocycles. The third kappa shape index (κ3) is 2.54. The maximum Gasteiger partial charge on any atom is 0.142 e. The molecule has 0 saturated carbocycles. The first kappa shape index (κ1) is 10.1. The number of hydrogen-bond donors (Lipinski definition) is 2. The molecule has 14 heavy (non-hydrogen) atoms. The average molecular weight is 304 g/mol. The number of nitrogens with one attached hydrogen (secondary N) is 2. The second-order valence-electron chi connectivity index (χ2n) is 3.39. The minimum atomic E-state index is 0.598. The predicted molar refractivity (Wildman–Crippen MR) is 64.3 cm³/mol. The Morgan fingerprint density at radius 3 is 3.29 bits per heavy atom. The Kier molecular flexibility index (Phi) is 3.52. The maximum atomic E-state index is 4.18. The molecular formula is C9H13IN4. The molecule has 76 valence electrons. The van der Waals surface area contributed by atoms with E-state index in [9.17, 15) is 0 Å². The SMILES string of the molecule is Ic1cncnc1NCC1CCCN1. The van der Waals surface area contributed by atoms with Crippen molar-refractivity contribution in [2.24, 2.45) is 0 Å². The highest BCUT2D eigenvalue weighted by atomic mass is 127. The van der Waals surface area contributed by atoms with Crippen LogP contribution in [0.25, 0.3) is 0 Å². The lowest BCUT2D eigenvalue weighted by molar-refractivity contribution is 0.632. The fraction of sp³-hybridized carbons (Fsp3) is 0.556. The monoisotopic (exact) mass is 304 g/mol. The molecule has 1 unspecified atom stereocenters. The van der Waals surface area contributed by atoms with Gasteiger partial charge in [-0.05, 0) is 42.0 Å². The molecule has 0 aliphatic carbocycles. The van der Waals surface area contributed by atoms with Crippen molar-refractivity contribution in [3.05, 3.63) is 16.1 Å². The standard InChI is InChI=1S/C9H13IN4/c10-8-5-11-6-14-9(8)13-4-7-2-1-3-12-7/h5-7,12H,1-4H2,(H,11,13,14). The third-order valence-corrected chi connectivity index (χ3v) is 3.14. The first-order valence-electron chi connectivity index (χ1n) is 4.79. The van der Waals surface area contributed by atoms with E-state index in [4.69, 9.17) is 0 Å². The van der Waals surface area contributed by atoms with Gasteiger partial charge in [0.25, 0.3) is 0 Å². The molecule has 0 bridgehead atoms. The highest BCUT2D eigenvalue weighted by molar-refractivity contribution is 14.1. The van der Waals surface area contributed by atoms with E-state index in [2.05, 4.69) is 43.2 Å². The molecular weight excluding hydrogens is 291 g/mol. The van der Waals surface area contributed by atoms with E-state index < -0.39 is 0 Å². The van der Waals surface area contributed by atoms with Crippen molar-refractivity contribution in [2.45, 2.75) is 18.9 Å². The molecule has 2 rings (SSSR count). The molecule has 1 atom stereocenters. The summed E-state index contributed by atoms with van der Waals surface area (Å²) in [5.41, 5.74) is 0. The molecule has 4 nitrogen and oxygen atoms in total. The van der Waals surface area contributed by atoms with Gasteiger partial charge >= 0.3 is 0 Å². The van der Waals surface area contributed by atoms with Crippen LogP contribution >= 0.6 is 22.6 Å². The Bertz CT molecular complexity index is 299. The number of halogens is 1. The second kappa shape index (κ2) is 4.88. The predicted octanol–water partition coefficient (Wildman–Crippen LogP) is 1.25. The lowest BCUT2D eigenvalue weighted by Gasteiger charge is -2.12. The minimum absolute atomic E-state index is 0.598. The number of nitrogens with zero attached hydrogens (tertiary/aromatic N) is 2. The van der Waals surface area contributed by atoms with Crippen molar-refractivity contribution in [3.63, 3.8) is 0 Å². The molecule has 1 aromatic heterocycles. The van der Waals surface area contributed by atoms with E-state index >= 15 is 0 Å². The smallest absolute Gasteiger partial charge is 0.142 e. The Hall–Kier alpha value is -0.430. The molecule has 5 heteroatoms. The molecule has 0 radical (unpaired) electrons. The Morgan fingerprint density at radius 2 is 2.57 bits per heavy atom. The zero-order valence-corrected chi connectivity index (χ0v) is 9.99. The molecule has 2 N–H and O–H groups in total. The molecule has 0 spiro atoms. The van der Waals surface area contributed by atoms with Crippen LogP contribution in [0.2, 0.25) is 0 Å². The molecule has 1 aromatic rings. The van der Waals surface area contributed by atoms with Gasteiger partial charge < -0.3 is 10.6 Å². The highest BCUT2D eigenvalue weighted by Gasteiger charge is 2.13. The summed E-state index contributed by atoms with van der Waals surface area (Å²) < 4.78 is 1.07. The van der Waals surface area contributed by atoms with Crippen molar-refractivity contribution < 1.29 is 0 Å². The number of hydrogen-bond acceptors (Lipinski definition) is 4. The number of anilines is 1. The Morgan fingerprint density at radius 1 is 1.64 bits per heavy atom. The van der Waals surface area contributed by atoms with E-state index in [1.54, 1.807) is 6.33 Å². The summed E-state index contributed by atoms with van der Waals surface area (Å²) in [7, 11) is 0. The zero-order valence-electron chi connectivity index (χ0n) is 7.83. The quantitative estimate of drug-likeness (QED) is 0.825. The second-order valence-corrected chi connectivity index (χ2v) is 4.56. The molecule has 0 aromatic carbocycles. The van der Waals surface area contributed by atoms with Crippen LogP contribution in [0.5, 0.6) is 0 Å². The summed E-state index contributed by atoms with van der Waals surface area (Å²) in [5.74, 6) is 0.939. The van der Waals surface area contributed by atoms with Gasteiger partial charge in [0.2, 0.25) is 0 Å². The number of rotatable bonds is 3. The lowest BCUT2D eigenvalue weighted by atomic mass is 10.2. The van der Waals surface area contributed by atoms with Gasteiger partial charge in [0.05, 0.1) is 3.57 Å². The van der Waals surface area contributed by atoms with Crippen molar-refractivity contribution in [3.8, 4) is 0 Å². The van der Waals surface area contributed by atoms with Crippen LogP contribution in [0.15, 0.2) is 12.5 Å². The van der Waals surface area contributed by atoms with Gasteiger partial charge in [-0.1, -0.05) is 0 Å². The minimum Gasteiger partial charge on any atom is -0.368 e. The van der Waals surface area contributed by atoms with E-state index in [-0.39, 0.29) is 0 Å². The van der Waals surface area contributed by atoms with E-state index in [1.165, 1.54) is 12.8 Å². The zero-order chi connectivity index (χ0) is 9.80. The van der Waals surface area contributed by atoms with Gasteiger partial charge in [-0.25, -0.2) is 9.97 Å². The van der Waals surface area contributed by atoms with Crippen LogP contribution in [0.3, 0.4) is 0 Å². The summed E-state index contributed by atoms with van der Waals surface area (Å²) >= 11 is 2.24. The van der Waals surface area contributed by atoms with Crippen LogP contribution in [-0.4, -0.2) is 29.1 Å². The van der Waals surface area contributed by atoms with Crippen molar-refractivity contribution in [2.75, 3.05) is 18.4 Å². The first-order valence-corrected chi connectivity index (χ1v) is 5.87. The summed E-state index contributed by atoms with van der Waals surface area (Å²) in [6, 6.07) is 0.598. The first-order chi connectivity index (χ1) is 6.86. The van der Waals surface area contributed by atoms with Gasteiger partial charge in [0, 0.05) is 18.8 Å². The molecule has 0 amide bonds. The fourth-order valence-corrected chi connectivity index (χ4v) is 2.08. The number of aromatic nitrogens is 2. The molecule has 2 heterocycles. The van der Waals surface area contributed by atoms with E-state index in [1.807, 2.05) is 6.20 Å². The summed E-state index contributed by atoms with van der Waals surface area (Å²) in [6.07, 6.45) is 5.94. The van der Waals surface area contributed by atoms with Gasteiger partial charge in [-0.15, -0.1) is 0 Å². The van der Waals surface area contributed by atoms with Crippen LogP contribution in [0.1, 0.15) is 12.8 Å². The average Bonchev–Trinajstić information content (AvgIpc) is 2.69. The third-order valence-electron chi connectivity index (χ3n) is 2.35. The maximum absolute atomic E-state index is 4.18. The fourth-order valence-electron chi connectivity index (χ4n) is 1.59. The van der Waals surface area contributed by atoms with Crippen LogP contribution in [0, 0.1) is 3.57 Å². The van der Waals surface area contributed by atoms with Crippen LogP contribution in [0.4, 0.5) is 5.82 Å². The highest BCUT2D eigenvalue weighted by Crippen LogP contribution is 2.13. The Balaban J connectivity index is 1.88.